The molecule has 0 fully saturated rings. The molecule has 0 aromatic heterocycles. The molecule has 0 atom stereocenters. The number of nitrogen functional groups attached to an aromatic ring is 1. The van der Waals surface area contributed by atoms with Gasteiger partial charge in [0.1, 0.15) is 11.5 Å². The largest absolute Gasteiger partial charge is 0.495 e. The molecule has 0 unspecified atom stereocenters. The Hall–Kier alpha value is -2.93. The van der Waals surface area contributed by atoms with Gasteiger partial charge in [0.15, 0.2) is 0 Å². The fourth-order valence-corrected chi connectivity index (χ4v) is 2.34. The van der Waals surface area contributed by atoms with Crippen LogP contribution in [0.25, 0.3) is 0 Å². The van der Waals surface area contributed by atoms with Crippen LogP contribution >= 0.6 is 11.6 Å². The zero-order valence-electron chi connectivity index (χ0n) is 14.0. The number of hydrogen-bond donors (Lipinski definition) is 3. The van der Waals surface area contributed by atoms with E-state index >= 15 is 0 Å². The Morgan fingerprint density at radius 1 is 0.960 bits per heavy atom. The second-order valence-corrected chi connectivity index (χ2v) is 5.59. The lowest BCUT2D eigenvalue weighted by atomic mass is 10.2. The maximum atomic E-state index is 12.2. The number of amides is 2. The number of hydrogen-bond acceptors (Lipinski definition) is 5. The quantitative estimate of drug-likeness (QED) is 0.572. The van der Waals surface area contributed by atoms with Crippen molar-refractivity contribution in [2.45, 2.75) is 6.92 Å². The number of rotatable bonds is 4. The average Bonchev–Trinajstić information content (AvgIpc) is 2.58. The maximum absolute atomic E-state index is 12.2. The molecule has 0 saturated carbocycles. The van der Waals surface area contributed by atoms with E-state index < -0.39 is 11.8 Å². The van der Waals surface area contributed by atoms with Crippen molar-refractivity contribution in [2.24, 2.45) is 0 Å². The molecule has 0 spiro atoms. The normalized spacial score (nSPS) is 10.1. The highest BCUT2D eigenvalue weighted by Crippen LogP contribution is 2.35. The predicted octanol–water partition coefficient (Wildman–Crippen LogP) is 2.83. The lowest BCUT2D eigenvalue weighted by Crippen LogP contribution is -2.29. The molecule has 4 N–H and O–H groups in total. The summed E-state index contributed by atoms with van der Waals surface area (Å²) >= 11 is 6.01. The molecule has 8 heteroatoms. The van der Waals surface area contributed by atoms with E-state index in [4.69, 9.17) is 26.8 Å². The summed E-state index contributed by atoms with van der Waals surface area (Å²) in [6.07, 6.45) is 0. The number of carbonyl (C=O) groups is 2. The minimum atomic E-state index is -0.886. The Bertz CT molecular complexity index is 824. The summed E-state index contributed by atoms with van der Waals surface area (Å²) in [7, 11) is 2.85. The van der Waals surface area contributed by atoms with Gasteiger partial charge >= 0.3 is 11.8 Å². The third-order valence-electron chi connectivity index (χ3n) is 3.38. The first-order valence-electron chi connectivity index (χ1n) is 7.25. The zero-order chi connectivity index (χ0) is 18.6. The Balaban J connectivity index is 2.17. The Morgan fingerprint density at radius 3 is 2.12 bits per heavy atom. The van der Waals surface area contributed by atoms with E-state index in [9.17, 15) is 9.59 Å². The zero-order valence-corrected chi connectivity index (χ0v) is 14.7. The monoisotopic (exact) mass is 363 g/mol. The lowest BCUT2D eigenvalue weighted by Gasteiger charge is -2.13. The molecule has 2 aromatic carbocycles. The van der Waals surface area contributed by atoms with Crippen LogP contribution in [-0.2, 0) is 9.59 Å². The minimum absolute atomic E-state index is 0.251. The third kappa shape index (κ3) is 4.33. The molecular weight excluding hydrogens is 346 g/mol. The molecule has 0 radical (unpaired) electrons. The second kappa shape index (κ2) is 7.76. The van der Waals surface area contributed by atoms with Crippen LogP contribution in [0.15, 0.2) is 30.3 Å². The van der Waals surface area contributed by atoms with Crippen LogP contribution in [0.1, 0.15) is 5.56 Å². The number of nitrogens with two attached hydrogens (primary N) is 1. The van der Waals surface area contributed by atoms with E-state index in [-0.39, 0.29) is 5.69 Å². The fourth-order valence-electron chi connectivity index (χ4n) is 2.11. The smallest absolute Gasteiger partial charge is 0.314 e. The number of anilines is 3. The highest BCUT2D eigenvalue weighted by atomic mass is 35.5. The highest BCUT2D eigenvalue weighted by Gasteiger charge is 2.18. The Labute approximate surface area is 150 Å². The van der Waals surface area contributed by atoms with Gasteiger partial charge < -0.3 is 25.8 Å². The van der Waals surface area contributed by atoms with Crippen LogP contribution in [-0.4, -0.2) is 26.0 Å². The molecule has 0 aliphatic rings. The van der Waals surface area contributed by atoms with Crippen molar-refractivity contribution in [1.29, 1.82) is 0 Å². The van der Waals surface area contributed by atoms with E-state index in [0.717, 1.165) is 5.56 Å². The summed E-state index contributed by atoms with van der Waals surface area (Å²) in [5.74, 6) is -1.13. The van der Waals surface area contributed by atoms with Crippen molar-refractivity contribution in [3.8, 4) is 11.5 Å². The molecule has 0 heterocycles. The summed E-state index contributed by atoms with van der Waals surface area (Å²) in [6, 6.07) is 8.04. The molecule has 2 aromatic rings. The van der Waals surface area contributed by atoms with Crippen molar-refractivity contribution >= 4 is 40.5 Å². The van der Waals surface area contributed by atoms with Crippen LogP contribution < -0.4 is 25.8 Å². The fraction of sp³-hybridized carbons (Fsp3) is 0.176. The van der Waals surface area contributed by atoms with Crippen LogP contribution in [0.2, 0.25) is 5.02 Å². The number of ether oxygens (including phenoxy) is 2. The van der Waals surface area contributed by atoms with Gasteiger partial charge in [-0.15, -0.1) is 0 Å². The van der Waals surface area contributed by atoms with Crippen molar-refractivity contribution in [3.05, 3.63) is 40.9 Å². The van der Waals surface area contributed by atoms with Crippen molar-refractivity contribution in [2.75, 3.05) is 30.6 Å². The first-order chi connectivity index (χ1) is 11.8. The number of benzene rings is 2. The number of halogens is 1. The number of carbonyl (C=O) groups excluding carboxylic acids is 2. The Kier molecular flexibility index (Phi) is 5.71. The summed E-state index contributed by atoms with van der Waals surface area (Å²) in [6.45, 7) is 1.87. The molecule has 0 aliphatic carbocycles. The maximum Gasteiger partial charge on any atom is 0.314 e. The van der Waals surface area contributed by atoms with Gasteiger partial charge in [-0.25, -0.2) is 0 Å². The highest BCUT2D eigenvalue weighted by molar-refractivity contribution is 6.44. The predicted molar refractivity (Wildman–Crippen MR) is 97.4 cm³/mol. The van der Waals surface area contributed by atoms with Gasteiger partial charge in [-0.3, -0.25) is 9.59 Å². The first kappa shape index (κ1) is 18.4. The summed E-state index contributed by atoms with van der Waals surface area (Å²) in [4.78, 5) is 24.3. The van der Waals surface area contributed by atoms with Gasteiger partial charge in [0.25, 0.3) is 0 Å². The van der Waals surface area contributed by atoms with Crippen LogP contribution in [0.5, 0.6) is 11.5 Å². The molecule has 0 aliphatic heterocycles. The molecular formula is C17H18ClN3O4. The molecule has 2 rings (SSSR count). The molecule has 2 amide bonds. The van der Waals surface area contributed by atoms with Gasteiger partial charge in [-0.2, -0.15) is 0 Å². The molecule has 0 saturated heterocycles. The topological polar surface area (TPSA) is 103 Å². The molecule has 7 nitrogen and oxygen atoms in total. The van der Waals surface area contributed by atoms with Crippen molar-refractivity contribution in [3.63, 3.8) is 0 Å². The minimum Gasteiger partial charge on any atom is -0.495 e. The van der Waals surface area contributed by atoms with Gasteiger partial charge in [-0.05, 0) is 24.6 Å². The second-order valence-electron chi connectivity index (χ2n) is 5.19. The lowest BCUT2D eigenvalue weighted by molar-refractivity contribution is -0.133. The van der Waals surface area contributed by atoms with Crippen molar-refractivity contribution in [1.82, 2.24) is 0 Å². The van der Waals surface area contributed by atoms with Gasteiger partial charge in [-0.1, -0.05) is 17.7 Å². The van der Waals surface area contributed by atoms with Gasteiger partial charge in [0.05, 0.1) is 36.3 Å². The van der Waals surface area contributed by atoms with Gasteiger partial charge in [0.2, 0.25) is 0 Å². The van der Waals surface area contributed by atoms with Crippen molar-refractivity contribution < 1.29 is 19.1 Å². The van der Waals surface area contributed by atoms with E-state index in [0.29, 0.717) is 27.9 Å². The molecule has 132 valence electrons. The number of aryl methyl sites for hydroxylation is 1. The third-order valence-corrected chi connectivity index (χ3v) is 3.68. The van der Waals surface area contributed by atoms with Crippen LogP contribution in [0.4, 0.5) is 17.1 Å². The van der Waals surface area contributed by atoms with E-state index in [1.165, 1.54) is 26.4 Å². The average molecular weight is 364 g/mol. The van der Waals surface area contributed by atoms with E-state index in [1.807, 2.05) is 6.92 Å². The Morgan fingerprint density at radius 2 is 1.56 bits per heavy atom. The van der Waals surface area contributed by atoms with Crippen LogP contribution in [0.3, 0.4) is 0 Å². The molecule has 25 heavy (non-hydrogen) atoms. The molecule has 0 bridgehead atoms. The summed E-state index contributed by atoms with van der Waals surface area (Å²) in [5, 5.41) is 5.23. The standard InChI is InChI=1S/C17H18ClN3O4/c1-9-4-5-12(11(19)6-9)20-16(22)17(23)21-13-8-14(24-2)10(18)7-15(13)25-3/h4-8H,19H2,1-3H3,(H,20,22)(H,21,23). The van der Waals surface area contributed by atoms with E-state index in [2.05, 4.69) is 10.6 Å². The SMILES string of the molecule is COc1cc(NC(=O)C(=O)Nc2ccc(C)cc2N)c(OC)cc1Cl. The number of methoxy groups -OCH3 is 2. The first-order valence-corrected chi connectivity index (χ1v) is 7.63. The summed E-state index contributed by atoms with van der Waals surface area (Å²) < 4.78 is 10.2. The number of nitrogens with one attached hydrogen (secondary N) is 2. The summed E-state index contributed by atoms with van der Waals surface area (Å²) in [5.41, 5.74) is 7.74. The van der Waals surface area contributed by atoms with Crippen LogP contribution in [0, 0.1) is 6.92 Å². The van der Waals surface area contributed by atoms with Gasteiger partial charge in [0, 0.05) is 12.1 Å². The van der Waals surface area contributed by atoms with E-state index in [1.54, 1.807) is 18.2 Å².